The summed E-state index contributed by atoms with van der Waals surface area (Å²) in [6.45, 7) is 0.309. The van der Waals surface area contributed by atoms with Gasteiger partial charge in [0.2, 0.25) is 0 Å². The fourth-order valence-electron chi connectivity index (χ4n) is 2.81. The highest BCUT2D eigenvalue weighted by Crippen LogP contribution is 2.28. The van der Waals surface area contributed by atoms with Crippen molar-refractivity contribution in [3.63, 3.8) is 0 Å². The molecule has 0 spiro atoms. The van der Waals surface area contributed by atoms with Crippen LogP contribution in [0.5, 0.6) is 0 Å². The minimum Gasteiger partial charge on any atom is -0.477 e. The van der Waals surface area contributed by atoms with E-state index in [1.807, 2.05) is 16.9 Å². The van der Waals surface area contributed by atoms with Gasteiger partial charge in [-0.3, -0.25) is 9.48 Å². The quantitative estimate of drug-likeness (QED) is 0.880. The Labute approximate surface area is 133 Å². The SMILES string of the molecule is O=C(NCc1ccn(C2CCCC2)n1)c1ccnc(C(=O)O)c1. The van der Waals surface area contributed by atoms with Crippen molar-refractivity contribution in [1.82, 2.24) is 20.1 Å². The molecular weight excluding hydrogens is 296 g/mol. The summed E-state index contributed by atoms with van der Waals surface area (Å²) in [5, 5.41) is 16.1. The van der Waals surface area contributed by atoms with Crippen LogP contribution >= 0.6 is 0 Å². The molecule has 0 unspecified atom stereocenters. The van der Waals surface area contributed by atoms with E-state index in [9.17, 15) is 9.59 Å². The van der Waals surface area contributed by atoms with E-state index in [4.69, 9.17) is 5.11 Å². The molecule has 7 nitrogen and oxygen atoms in total. The first kappa shape index (κ1) is 15.2. The molecule has 0 saturated heterocycles. The Morgan fingerprint density at radius 2 is 2.09 bits per heavy atom. The molecule has 2 aromatic rings. The lowest BCUT2D eigenvalue weighted by Gasteiger charge is -2.09. The van der Waals surface area contributed by atoms with E-state index in [0.717, 1.165) is 18.5 Å². The third-order valence-corrected chi connectivity index (χ3v) is 4.03. The Morgan fingerprint density at radius 1 is 1.30 bits per heavy atom. The average Bonchev–Trinajstić information content (AvgIpc) is 3.23. The number of hydrogen-bond donors (Lipinski definition) is 2. The number of carbonyl (C=O) groups is 2. The molecule has 2 heterocycles. The third-order valence-electron chi connectivity index (χ3n) is 4.03. The second-order valence-corrected chi connectivity index (χ2v) is 5.64. The Balaban J connectivity index is 1.60. The van der Waals surface area contributed by atoms with Gasteiger partial charge in [-0.15, -0.1) is 0 Å². The third kappa shape index (κ3) is 3.56. The number of aromatic carboxylic acids is 1. The van der Waals surface area contributed by atoms with Crippen molar-refractivity contribution < 1.29 is 14.7 Å². The van der Waals surface area contributed by atoms with Gasteiger partial charge in [0.25, 0.3) is 5.91 Å². The molecule has 0 aliphatic heterocycles. The van der Waals surface area contributed by atoms with E-state index >= 15 is 0 Å². The summed E-state index contributed by atoms with van der Waals surface area (Å²) < 4.78 is 1.98. The molecule has 0 radical (unpaired) electrons. The van der Waals surface area contributed by atoms with Crippen LogP contribution in [0.25, 0.3) is 0 Å². The molecule has 7 heteroatoms. The number of rotatable bonds is 5. The maximum Gasteiger partial charge on any atom is 0.354 e. The van der Waals surface area contributed by atoms with E-state index in [1.165, 1.54) is 31.2 Å². The van der Waals surface area contributed by atoms with Crippen molar-refractivity contribution in [2.45, 2.75) is 38.3 Å². The lowest BCUT2D eigenvalue weighted by Crippen LogP contribution is -2.23. The smallest absolute Gasteiger partial charge is 0.354 e. The van der Waals surface area contributed by atoms with Crippen LogP contribution in [0.4, 0.5) is 0 Å². The van der Waals surface area contributed by atoms with Gasteiger partial charge in [-0.2, -0.15) is 5.10 Å². The monoisotopic (exact) mass is 314 g/mol. The molecule has 120 valence electrons. The Morgan fingerprint density at radius 3 is 2.83 bits per heavy atom. The minimum absolute atomic E-state index is 0.150. The van der Waals surface area contributed by atoms with Crippen LogP contribution in [-0.4, -0.2) is 31.7 Å². The van der Waals surface area contributed by atoms with Crippen LogP contribution in [0.3, 0.4) is 0 Å². The molecule has 0 atom stereocenters. The zero-order valence-electron chi connectivity index (χ0n) is 12.6. The van der Waals surface area contributed by atoms with Gasteiger partial charge in [0, 0.05) is 18.0 Å². The average molecular weight is 314 g/mol. The number of nitrogens with one attached hydrogen (secondary N) is 1. The van der Waals surface area contributed by atoms with E-state index in [1.54, 1.807) is 0 Å². The van der Waals surface area contributed by atoms with Gasteiger partial charge < -0.3 is 10.4 Å². The van der Waals surface area contributed by atoms with Gasteiger partial charge in [-0.1, -0.05) is 12.8 Å². The summed E-state index contributed by atoms with van der Waals surface area (Å²) in [6, 6.07) is 5.11. The predicted molar refractivity (Wildman–Crippen MR) is 82.1 cm³/mol. The van der Waals surface area contributed by atoms with Crippen LogP contribution in [0, 0.1) is 0 Å². The summed E-state index contributed by atoms with van der Waals surface area (Å²) in [5.74, 6) is -1.50. The molecule has 1 fully saturated rings. The topological polar surface area (TPSA) is 97.1 Å². The maximum absolute atomic E-state index is 12.1. The van der Waals surface area contributed by atoms with Gasteiger partial charge in [0.15, 0.2) is 0 Å². The van der Waals surface area contributed by atoms with Crippen molar-refractivity contribution in [2.24, 2.45) is 0 Å². The fraction of sp³-hybridized carbons (Fsp3) is 0.375. The Hall–Kier alpha value is -2.70. The van der Waals surface area contributed by atoms with E-state index < -0.39 is 5.97 Å². The lowest BCUT2D eigenvalue weighted by atomic mass is 10.2. The van der Waals surface area contributed by atoms with Crippen LogP contribution < -0.4 is 5.32 Å². The number of aromatic nitrogens is 3. The first-order chi connectivity index (χ1) is 11.1. The van der Waals surface area contributed by atoms with Crippen molar-refractivity contribution >= 4 is 11.9 Å². The fourth-order valence-corrected chi connectivity index (χ4v) is 2.81. The zero-order chi connectivity index (χ0) is 16.2. The second kappa shape index (κ2) is 6.60. The van der Waals surface area contributed by atoms with Gasteiger partial charge >= 0.3 is 5.97 Å². The molecular formula is C16H18N4O3. The predicted octanol–water partition coefficient (Wildman–Crippen LogP) is 2.02. The normalized spacial score (nSPS) is 14.8. The highest BCUT2D eigenvalue weighted by molar-refractivity contribution is 5.96. The first-order valence-electron chi connectivity index (χ1n) is 7.65. The van der Waals surface area contributed by atoms with Crippen LogP contribution in [0.15, 0.2) is 30.6 Å². The molecule has 0 aromatic carbocycles. The summed E-state index contributed by atoms with van der Waals surface area (Å²) in [6.07, 6.45) is 8.06. The van der Waals surface area contributed by atoms with Crippen LogP contribution in [0.2, 0.25) is 0 Å². The van der Waals surface area contributed by atoms with E-state index in [2.05, 4.69) is 15.4 Å². The van der Waals surface area contributed by atoms with Gasteiger partial charge in [0.05, 0.1) is 18.3 Å². The maximum atomic E-state index is 12.1. The largest absolute Gasteiger partial charge is 0.477 e. The number of pyridine rings is 1. The molecule has 0 bridgehead atoms. The minimum atomic E-state index is -1.16. The van der Waals surface area contributed by atoms with Gasteiger partial charge in [-0.05, 0) is 31.0 Å². The standard InChI is InChI=1S/C16H18N4O3/c21-15(11-5-7-17-14(9-11)16(22)23)18-10-12-6-8-20(19-12)13-3-1-2-4-13/h5-9,13H,1-4,10H2,(H,18,21)(H,22,23). The number of carbonyl (C=O) groups excluding carboxylic acids is 1. The number of carboxylic acid groups (broad SMARTS) is 1. The second-order valence-electron chi connectivity index (χ2n) is 5.64. The molecule has 2 aromatic heterocycles. The molecule has 2 N–H and O–H groups in total. The van der Waals surface area contributed by atoms with Crippen molar-refractivity contribution in [1.29, 1.82) is 0 Å². The zero-order valence-corrected chi connectivity index (χ0v) is 12.6. The number of carboxylic acids is 1. The Bertz CT molecular complexity index is 720. The van der Waals surface area contributed by atoms with Gasteiger partial charge in [0.1, 0.15) is 5.69 Å². The number of amides is 1. The molecule has 3 rings (SSSR count). The van der Waals surface area contributed by atoms with E-state index in [0.29, 0.717) is 12.6 Å². The number of nitrogens with zero attached hydrogens (tertiary/aromatic N) is 3. The van der Waals surface area contributed by atoms with Gasteiger partial charge in [-0.25, -0.2) is 9.78 Å². The van der Waals surface area contributed by atoms with E-state index in [-0.39, 0.29) is 17.2 Å². The van der Waals surface area contributed by atoms with Crippen LogP contribution in [0.1, 0.15) is 58.3 Å². The molecule has 1 aliphatic carbocycles. The number of hydrogen-bond acceptors (Lipinski definition) is 4. The molecule has 1 aliphatic rings. The lowest BCUT2D eigenvalue weighted by molar-refractivity contribution is 0.0690. The van der Waals surface area contributed by atoms with Crippen molar-refractivity contribution in [3.05, 3.63) is 47.5 Å². The van der Waals surface area contributed by atoms with Crippen LogP contribution in [-0.2, 0) is 6.54 Å². The Kier molecular flexibility index (Phi) is 4.36. The first-order valence-corrected chi connectivity index (χ1v) is 7.65. The van der Waals surface area contributed by atoms with Crippen molar-refractivity contribution in [2.75, 3.05) is 0 Å². The highest BCUT2D eigenvalue weighted by atomic mass is 16.4. The molecule has 1 amide bonds. The molecule has 23 heavy (non-hydrogen) atoms. The summed E-state index contributed by atoms with van der Waals surface area (Å²) in [7, 11) is 0. The summed E-state index contributed by atoms with van der Waals surface area (Å²) in [5.41, 5.74) is 0.911. The summed E-state index contributed by atoms with van der Waals surface area (Å²) in [4.78, 5) is 26.7. The summed E-state index contributed by atoms with van der Waals surface area (Å²) >= 11 is 0. The molecule has 1 saturated carbocycles. The highest BCUT2D eigenvalue weighted by Gasteiger charge is 2.17. The van der Waals surface area contributed by atoms with Crippen molar-refractivity contribution in [3.8, 4) is 0 Å².